The van der Waals surface area contributed by atoms with E-state index in [1.54, 1.807) is 13.0 Å². The van der Waals surface area contributed by atoms with Crippen LogP contribution in [0.4, 0.5) is 0 Å². The van der Waals surface area contributed by atoms with Gasteiger partial charge in [-0.05, 0) is 12.8 Å². The second-order valence-electron chi connectivity index (χ2n) is 6.75. The van der Waals surface area contributed by atoms with Crippen molar-refractivity contribution in [2.45, 2.75) is 32.9 Å². The van der Waals surface area contributed by atoms with Crippen molar-refractivity contribution in [2.24, 2.45) is 5.92 Å². The molecule has 0 saturated carbocycles. The van der Waals surface area contributed by atoms with Crippen molar-refractivity contribution >= 4 is 11.8 Å². The zero-order chi connectivity index (χ0) is 17.0. The van der Waals surface area contributed by atoms with E-state index in [2.05, 4.69) is 28.6 Å². The number of nitrogens with zero attached hydrogens (tertiary/aromatic N) is 3. The molecule has 130 valence electrons. The Morgan fingerprint density at radius 2 is 1.91 bits per heavy atom. The highest BCUT2D eigenvalue weighted by Crippen LogP contribution is 2.24. The van der Waals surface area contributed by atoms with Crippen LogP contribution in [0.3, 0.4) is 0 Å². The van der Waals surface area contributed by atoms with Crippen LogP contribution in [0.5, 0.6) is 0 Å². The van der Waals surface area contributed by atoms with Crippen molar-refractivity contribution in [3.63, 3.8) is 0 Å². The van der Waals surface area contributed by atoms with Crippen LogP contribution in [0.15, 0.2) is 12.7 Å². The number of likely N-dealkylation sites (tertiary alicyclic amines) is 1. The van der Waals surface area contributed by atoms with Gasteiger partial charge in [0.05, 0.1) is 6.04 Å². The van der Waals surface area contributed by atoms with E-state index < -0.39 is 0 Å². The number of hydrogen-bond donors (Lipinski definition) is 1. The summed E-state index contributed by atoms with van der Waals surface area (Å²) in [7, 11) is 0. The third kappa shape index (κ3) is 4.32. The molecule has 2 saturated heterocycles. The molecule has 0 bridgehead atoms. The molecule has 6 heteroatoms. The highest BCUT2D eigenvalue weighted by molar-refractivity contribution is 5.81. The number of hydrogen-bond acceptors (Lipinski definition) is 4. The van der Waals surface area contributed by atoms with Gasteiger partial charge in [0.15, 0.2) is 0 Å². The van der Waals surface area contributed by atoms with Gasteiger partial charge in [0, 0.05) is 58.8 Å². The van der Waals surface area contributed by atoms with Crippen LogP contribution in [0.1, 0.15) is 20.8 Å². The lowest BCUT2D eigenvalue weighted by Gasteiger charge is -2.39. The van der Waals surface area contributed by atoms with Crippen LogP contribution in [-0.2, 0) is 9.59 Å². The SMILES string of the molecule is C=CCNC(=O)[C@H](C)N1C[C@@H](N2CCN(C(C)=O)CC2)[C@@H](C)C1. The first-order chi connectivity index (χ1) is 10.9. The Morgan fingerprint density at radius 1 is 1.26 bits per heavy atom. The van der Waals surface area contributed by atoms with Gasteiger partial charge in [0.25, 0.3) is 0 Å². The largest absolute Gasteiger partial charge is 0.351 e. The van der Waals surface area contributed by atoms with Gasteiger partial charge >= 0.3 is 0 Å². The molecule has 1 N–H and O–H groups in total. The topological polar surface area (TPSA) is 55.9 Å². The summed E-state index contributed by atoms with van der Waals surface area (Å²) in [5.74, 6) is 0.769. The Labute approximate surface area is 139 Å². The Morgan fingerprint density at radius 3 is 2.48 bits per heavy atom. The number of carbonyl (C=O) groups is 2. The van der Waals surface area contributed by atoms with E-state index in [4.69, 9.17) is 0 Å². The molecule has 2 aliphatic heterocycles. The third-order valence-corrected chi connectivity index (χ3v) is 5.18. The molecule has 0 unspecified atom stereocenters. The van der Waals surface area contributed by atoms with E-state index in [1.807, 2.05) is 11.8 Å². The summed E-state index contributed by atoms with van der Waals surface area (Å²) in [5.41, 5.74) is 0. The molecule has 0 aromatic rings. The Balaban J connectivity index is 1.87. The summed E-state index contributed by atoms with van der Waals surface area (Å²) in [6, 6.07) is 0.361. The van der Waals surface area contributed by atoms with E-state index in [0.717, 1.165) is 39.3 Å². The molecule has 0 aromatic heterocycles. The predicted octanol–water partition coefficient (Wildman–Crippen LogP) is 0.162. The number of amides is 2. The molecule has 0 aliphatic carbocycles. The van der Waals surface area contributed by atoms with Crippen LogP contribution in [0.25, 0.3) is 0 Å². The molecule has 0 aromatic carbocycles. The van der Waals surface area contributed by atoms with Gasteiger partial charge in [-0.1, -0.05) is 13.0 Å². The van der Waals surface area contributed by atoms with Crippen molar-refractivity contribution in [3.8, 4) is 0 Å². The second kappa shape index (κ2) is 7.93. The molecule has 2 fully saturated rings. The molecular formula is C17H30N4O2. The van der Waals surface area contributed by atoms with Gasteiger partial charge in [-0.15, -0.1) is 6.58 Å². The monoisotopic (exact) mass is 322 g/mol. The normalized spacial score (nSPS) is 27.7. The highest BCUT2D eigenvalue weighted by atomic mass is 16.2. The van der Waals surface area contributed by atoms with Crippen molar-refractivity contribution in [2.75, 3.05) is 45.8 Å². The fourth-order valence-electron chi connectivity index (χ4n) is 3.63. The molecule has 2 amide bonds. The maximum Gasteiger partial charge on any atom is 0.237 e. The van der Waals surface area contributed by atoms with Gasteiger partial charge in [-0.2, -0.15) is 0 Å². The molecular weight excluding hydrogens is 292 g/mol. The average molecular weight is 322 g/mol. The maximum absolute atomic E-state index is 12.1. The summed E-state index contributed by atoms with van der Waals surface area (Å²) in [4.78, 5) is 30.2. The zero-order valence-electron chi connectivity index (χ0n) is 14.6. The van der Waals surface area contributed by atoms with Gasteiger partial charge in [0.2, 0.25) is 11.8 Å². The number of piperazine rings is 1. The van der Waals surface area contributed by atoms with Crippen molar-refractivity contribution < 1.29 is 9.59 Å². The van der Waals surface area contributed by atoms with E-state index in [9.17, 15) is 9.59 Å². The average Bonchev–Trinajstić information content (AvgIpc) is 2.93. The zero-order valence-corrected chi connectivity index (χ0v) is 14.6. The fraction of sp³-hybridized carbons (Fsp3) is 0.765. The highest BCUT2D eigenvalue weighted by Gasteiger charge is 2.38. The summed E-state index contributed by atoms with van der Waals surface area (Å²) >= 11 is 0. The van der Waals surface area contributed by atoms with Crippen LogP contribution in [-0.4, -0.2) is 84.4 Å². The summed E-state index contributed by atoms with van der Waals surface area (Å²) in [5, 5.41) is 2.88. The van der Waals surface area contributed by atoms with Crippen molar-refractivity contribution in [3.05, 3.63) is 12.7 Å². The number of nitrogens with one attached hydrogen (secondary N) is 1. The summed E-state index contributed by atoms with van der Waals surface area (Å²) in [6.45, 7) is 15.4. The Bertz CT molecular complexity index is 446. The summed E-state index contributed by atoms with van der Waals surface area (Å²) in [6.07, 6.45) is 1.70. The van der Waals surface area contributed by atoms with Crippen LogP contribution < -0.4 is 5.32 Å². The van der Waals surface area contributed by atoms with Gasteiger partial charge in [-0.25, -0.2) is 0 Å². The van der Waals surface area contributed by atoms with Crippen molar-refractivity contribution in [1.82, 2.24) is 20.0 Å². The first-order valence-electron chi connectivity index (χ1n) is 8.56. The molecule has 2 aliphatic rings. The minimum absolute atomic E-state index is 0.0687. The Kier molecular flexibility index (Phi) is 6.18. The summed E-state index contributed by atoms with van der Waals surface area (Å²) < 4.78 is 0. The predicted molar refractivity (Wildman–Crippen MR) is 91.0 cm³/mol. The van der Waals surface area contributed by atoms with Gasteiger partial charge in [-0.3, -0.25) is 19.4 Å². The maximum atomic E-state index is 12.1. The quantitative estimate of drug-likeness (QED) is 0.733. The minimum Gasteiger partial charge on any atom is -0.351 e. The van der Waals surface area contributed by atoms with E-state index in [-0.39, 0.29) is 17.9 Å². The Hall–Kier alpha value is -1.40. The van der Waals surface area contributed by atoms with Gasteiger partial charge < -0.3 is 10.2 Å². The lowest BCUT2D eigenvalue weighted by Crippen LogP contribution is -2.53. The van der Waals surface area contributed by atoms with Gasteiger partial charge in [0.1, 0.15) is 0 Å². The van der Waals surface area contributed by atoms with Crippen LogP contribution >= 0.6 is 0 Å². The third-order valence-electron chi connectivity index (χ3n) is 5.18. The minimum atomic E-state index is -0.110. The fourth-order valence-corrected chi connectivity index (χ4v) is 3.63. The molecule has 2 rings (SSSR count). The molecule has 3 atom stereocenters. The van der Waals surface area contributed by atoms with Crippen molar-refractivity contribution in [1.29, 1.82) is 0 Å². The number of rotatable bonds is 5. The second-order valence-corrected chi connectivity index (χ2v) is 6.75. The van der Waals surface area contributed by atoms with E-state index >= 15 is 0 Å². The lowest BCUT2D eigenvalue weighted by atomic mass is 10.0. The smallest absolute Gasteiger partial charge is 0.237 e. The van der Waals surface area contributed by atoms with Crippen LogP contribution in [0.2, 0.25) is 0 Å². The molecule has 6 nitrogen and oxygen atoms in total. The van der Waals surface area contributed by atoms with E-state index in [1.165, 1.54) is 0 Å². The number of carbonyl (C=O) groups excluding carboxylic acids is 2. The molecule has 2 heterocycles. The van der Waals surface area contributed by atoms with Crippen LogP contribution in [0, 0.1) is 5.92 Å². The first-order valence-corrected chi connectivity index (χ1v) is 8.56. The molecule has 23 heavy (non-hydrogen) atoms. The van der Waals surface area contributed by atoms with E-state index in [0.29, 0.717) is 18.5 Å². The standard InChI is InChI=1S/C17H30N4O2/c1-5-6-18-17(23)14(3)21-11-13(2)16(12-21)20-9-7-19(8-10-20)15(4)22/h5,13-14,16H,1,6-12H2,2-4H3,(H,18,23)/t13-,14-,16+/m0/s1. The molecule has 0 radical (unpaired) electrons. The first kappa shape index (κ1) is 17.9. The lowest BCUT2D eigenvalue weighted by molar-refractivity contribution is -0.131. The molecule has 0 spiro atoms.